The molecule has 2 unspecified atom stereocenters. The maximum Gasteiger partial charge on any atom is 0.166 e. The topological polar surface area (TPSA) is 36.0 Å². The zero-order chi connectivity index (χ0) is 15.4. The molecular formula is C17H14BrNOS2. The molecule has 112 valence electrons. The van der Waals surface area contributed by atoms with E-state index in [-0.39, 0.29) is 5.25 Å². The zero-order valence-electron chi connectivity index (χ0n) is 11.7. The normalized spacial score (nSPS) is 13.7. The molecule has 22 heavy (non-hydrogen) atoms. The van der Waals surface area contributed by atoms with Crippen LogP contribution in [0.25, 0.3) is 0 Å². The van der Waals surface area contributed by atoms with Gasteiger partial charge in [0.2, 0.25) is 0 Å². The highest BCUT2D eigenvalue weighted by Crippen LogP contribution is 2.34. The standard InChI is InChI=1S/C17H14BrNOS2/c18-15-8-4-7-14(9-15)17(13-5-2-1-3-6-13)22(20)11-16-10-19-12-21-16/h1-10,12,17H,11H2. The van der Waals surface area contributed by atoms with Gasteiger partial charge in [-0.3, -0.25) is 4.98 Å². The lowest BCUT2D eigenvalue weighted by Crippen LogP contribution is -2.16. The highest BCUT2D eigenvalue weighted by Gasteiger charge is 2.27. The lowest BCUT2D eigenvalue weighted by molar-refractivity contribution is 0.587. The van der Waals surface area contributed by atoms with E-state index in [1.165, 1.54) is 0 Å². The molecule has 0 fully saturated rings. The molecule has 0 spiro atoms. The Bertz CT molecular complexity index is 719. The van der Waals surface area contributed by atoms with Crippen molar-refractivity contribution in [3.05, 3.63) is 86.8 Å². The second kappa shape index (κ2) is 7.42. The van der Waals surface area contributed by atoms with E-state index in [4.69, 9.17) is 0 Å². The van der Waals surface area contributed by atoms with Crippen LogP contribution in [0, 0.1) is 0 Å². The number of aromatic nitrogens is 1. The molecule has 0 saturated heterocycles. The van der Waals surface area contributed by atoms with Crippen LogP contribution in [0.1, 0.15) is 21.3 Å². The number of halogens is 1. The van der Waals surface area contributed by atoms with Crippen LogP contribution in [0.2, 0.25) is 0 Å². The van der Waals surface area contributed by atoms with Crippen LogP contribution in [-0.2, 0) is 16.9 Å². The Labute approximate surface area is 145 Å². The Morgan fingerprint density at radius 1 is 1.09 bits per heavy atom. The molecule has 0 saturated carbocycles. The third-order valence-corrected chi connectivity index (χ3v) is 6.41. The van der Waals surface area contributed by atoms with Crippen molar-refractivity contribution in [1.29, 1.82) is 0 Å². The fourth-order valence-electron chi connectivity index (χ4n) is 2.33. The fourth-order valence-corrected chi connectivity index (χ4v) is 5.18. The molecule has 2 nitrogen and oxygen atoms in total. The van der Waals surface area contributed by atoms with Gasteiger partial charge in [-0.2, -0.15) is 0 Å². The van der Waals surface area contributed by atoms with Gasteiger partial charge in [-0.1, -0.05) is 58.4 Å². The summed E-state index contributed by atoms with van der Waals surface area (Å²) in [5.74, 6) is 0.525. The molecule has 0 amide bonds. The second-order valence-electron chi connectivity index (χ2n) is 4.84. The van der Waals surface area contributed by atoms with Crippen LogP contribution in [0.5, 0.6) is 0 Å². The quantitative estimate of drug-likeness (QED) is 0.577. The minimum absolute atomic E-state index is 0.138. The number of thiazole rings is 1. The number of nitrogens with zero attached hydrogens (tertiary/aromatic N) is 1. The number of hydrogen-bond acceptors (Lipinski definition) is 3. The van der Waals surface area contributed by atoms with Crippen molar-refractivity contribution < 1.29 is 4.55 Å². The molecule has 0 aliphatic rings. The lowest BCUT2D eigenvalue weighted by Gasteiger charge is -2.22. The summed E-state index contributed by atoms with van der Waals surface area (Å²) in [6.45, 7) is 0. The first kappa shape index (κ1) is 15.7. The largest absolute Gasteiger partial charge is 0.615 e. The summed E-state index contributed by atoms with van der Waals surface area (Å²) in [7, 11) is 0. The summed E-state index contributed by atoms with van der Waals surface area (Å²) in [5.41, 5.74) is 3.91. The summed E-state index contributed by atoms with van der Waals surface area (Å²) in [6, 6.07) is 18.1. The average Bonchev–Trinajstić information content (AvgIpc) is 3.01. The van der Waals surface area contributed by atoms with Crippen LogP contribution in [0.15, 0.2) is 70.8 Å². The molecule has 0 bridgehead atoms. The van der Waals surface area contributed by atoms with Gasteiger partial charge in [0, 0.05) is 21.8 Å². The summed E-state index contributed by atoms with van der Waals surface area (Å²) in [6.07, 6.45) is 1.80. The third-order valence-electron chi connectivity index (χ3n) is 3.28. The van der Waals surface area contributed by atoms with E-state index < -0.39 is 11.2 Å². The Kier molecular flexibility index (Phi) is 5.31. The maximum absolute atomic E-state index is 13.0. The molecule has 0 N–H and O–H groups in total. The van der Waals surface area contributed by atoms with Gasteiger partial charge in [-0.15, -0.1) is 11.3 Å². The maximum atomic E-state index is 13.0. The predicted molar refractivity (Wildman–Crippen MR) is 96.4 cm³/mol. The van der Waals surface area contributed by atoms with Gasteiger partial charge < -0.3 is 4.55 Å². The first-order valence-corrected chi connectivity index (χ1v) is 9.84. The van der Waals surface area contributed by atoms with Crippen molar-refractivity contribution in [2.75, 3.05) is 0 Å². The molecule has 3 aromatic rings. The summed E-state index contributed by atoms with van der Waals surface area (Å²) in [4.78, 5) is 5.12. The minimum Gasteiger partial charge on any atom is -0.615 e. The Morgan fingerprint density at radius 3 is 2.55 bits per heavy atom. The first-order chi connectivity index (χ1) is 10.7. The van der Waals surface area contributed by atoms with E-state index in [9.17, 15) is 4.55 Å². The molecule has 0 aliphatic heterocycles. The molecule has 1 heterocycles. The predicted octanol–water partition coefficient (Wildman–Crippen LogP) is 4.94. The van der Waals surface area contributed by atoms with Gasteiger partial charge in [-0.05, 0) is 23.3 Å². The lowest BCUT2D eigenvalue weighted by atomic mass is 10.0. The molecule has 5 heteroatoms. The SMILES string of the molecule is [O-][S+](Cc1cncs1)C(c1ccccc1)c1cccc(Br)c1. The van der Waals surface area contributed by atoms with E-state index >= 15 is 0 Å². The van der Waals surface area contributed by atoms with Gasteiger partial charge >= 0.3 is 0 Å². The monoisotopic (exact) mass is 391 g/mol. The smallest absolute Gasteiger partial charge is 0.166 e. The van der Waals surface area contributed by atoms with Gasteiger partial charge in [0.05, 0.1) is 10.4 Å². The van der Waals surface area contributed by atoms with Gasteiger partial charge in [0.25, 0.3) is 0 Å². The van der Waals surface area contributed by atoms with E-state index in [0.717, 1.165) is 20.5 Å². The van der Waals surface area contributed by atoms with Crippen molar-refractivity contribution in [1.82, 2.24) is 4.98 Å². The highest BCUT2D eigenvalue weighted by atomic mass is 79.9. The minimum atomic E-state index is -1.05. The second-order valence-corrected chi connectivity index (χ2v) is 8.25. The van der Waals surface area contributed by atoms with Crippen LogP contribution in [0.4, 0.5) is 0 Å². The summed E-state index contributed by atoms with van der Waals surface area (Å²) in [5, 5.41) is -0.138. The van der Waals surface area contributed by atoms with Crippen LogP contribution >= 0.6 is 27.3 Å². The van der Waals surface area contributed by atoms with E-state index in [1.807, 2.05) is 54.6 Å². The van der Waals surface area contributed by atoms with Crippen molar-refractivity contribution in [2.45, 2.75) is 11.0 Å². The highest BCUT2D eigenvalue weighted by molar-refractivity contribution is 9.10. The van der Waals surface area contributed by atoms with Gasteiger partial charge in [0.1, 0.15) is 5.75 Å². The summed E-state index contributed by atoms with van der Waals surface area (Å²) < 4.78 is 14.0. The molecule has 0 aliphatic carbocycles. The van der Waals surface area contributed by atoms with Gasteiger partial charge in [0.15, 0.2) is 5.25 Å². The van der Waals surface area contributed by atoms with Crippen LogP contribution in [-0.4, -0.2) is 9.54 Å². The van der Waals surface area contributed by atoms with E-state index in [0.29, 0.717) is 5.75 Å². The molecular weight excluding hydrogens is 378 g/mol. The molecule has 1 aromatic heterocycles. The van der Waals surface area contributed by atoms with E-state index in [2.05, 4.69) is 20.9 Å². The van der Waals surface area contributed by atoms with Crippen molar-refractivity contribution in [3.63, 3.8) is 0 Å². The molecule has 2 aromatic carbocycles. The molecule has 3 rings (SSSR count). The first-order valence-electron chi connectivity index (χ1n) is 6.79. The van der Waals surface area contributed by atoms with Gasteiger partial charge in [-0.25, -0.2) is 0 Å². The van der Waals surface area contributed by atoms with E-state index in [1.54, 1.807) is 23.0 Å². The molecule has 2 atom stereocenters. The number of benzene rings is 2. The zero-order valence-corrected chi connectivity index (χ0v) is 14.9. The van der Waals surface area contributed by atoms with Crippen LogP contribution in [0.3, 0.4) is 0 Å². The van der Waals surface area contributed by atoms with Crippen LogP contribution < -0.4 is 0 Å². The Balaban J connectivity index is 1.95. The Morgan fingerprint density at radius 2 is 1.86 bits per heavy atom. The fraction of sp³-hybridized carbons (Fsp3) is 0.118. The Hall–Kier alpha value is -1.14. The third kappa shape index (κ3) is 3.79. The summed E-state index contributed by atoms with van der Waals surface area (Å²) >= 11 is 4.01. The average molecular weight is 392 g/mol. The van der Waals surface area contributed by atoms with Crippen molar-refractivity contribution in [3.8, 4) is 0 Å². The number of hydrogen-bond donors (Lipinski definition) is 0. The molecule has 0 radical (unpaired) electrons. The number of rotatable bonds is 5. The van der Waals surface area contributed by atoms with Crippen molar-refractivity contribution in [2.24, 2.45) is 0 Å². The van der Waals surface area contributed by atoms with Crippen molar-refractivity contribution >= 4 is 38.4 Å².